The minimum Gasteiger partial charge on any atom is -0.370 e. The fourth-order valence-electron chi connectivity index (χ4n) is 2.99. The molecule has 116 valence electrons. The van der Waals surface area contributed by atoms with Gasteiger partial charge >= 0.3 is 5.69 Å². The Kier molecular flexibility index (Phi) is 5.36. The van der Waals surface area contributed by atoms with E-state index < -0.39 is 0 Å². The van der Waals surface area contributed by atoms with E-state index in [1.807, 2.05) is 6.92 Å². The Balaban J connectivity index is 2.05. The summed E-state index contributed by atoms with van der Waals surface area (Å²) in [5, 5.41) is 17.4. The van der Waals surface area contributed by atoms with Crippen molar-refractivity contribution in [1.82, 2.24) is 4.98 Å². The van der Waals surface area contributed by atoms with Crippen LogP contribution >= 0.6 is 0 Å². The molecular weight excluding hydrogens is 268 g/mol. The summed E-state index contributed by atoms with van der Waals surface area (Å²) in [7, 11) is 0. The van der Waals surface area contributed by atoms with Gasteiger partial charge in [0, 0.05) is 19.2 Å². The van der Waals surface area contributed by atoms with Crippen LogP contribution in [0.25, 0.3) is 0 Å². The van der Waals surface area contributed by atoms with Gasteiger partial charge in [-0.3, -0.25) is 10.1 Å². The fraction of sp³-hybridized carbons (Fsp3) is 0.667. The summed E-state index contributed by atoms with van der Waals surface area (Å²) in [6.45, 7) is 5.75. The summed E-state index contributed by atoms with van der Waals surface area (Å²) < 4.78 is 0. The second kappa shape index (κ2) is 7.24. The number of aromatic nitrogens is 1. The zero-order valence-electron chi connectivity index (χ0n) is 12.8. The lowest BCUT2D eigenvalue weighted by atomic mass is 9.82. The molecule has 0 spiro atoms. The Labute approximate surface area is 125 Å². The van der Waals surface area contributed by atoms with Crippen LogP contribution in [0.3, 0.4) is 0 Å². The van der Waals surface area contributed by atoms with E-state index in [1.54, 1.807) is 6.07 Å². The first kappa shape index (κ1) is 15.5. The van der Waals surface area contributed by atoms with Crippen molar-refractivity contribution in [2.75, 3.05) is 23.7 Å². The maximum absolute atomic E-state index is 11.1. The van der Waals surface area contributed by atoms with Crippen molar-refractivity contribution in [3.8, 4) is 0 Å². The van der Waals surface area contributed by atoms with Crippen molar-refractivity contribution < 1.29 is 4.92 Å². The fourth-order valence-corrected chi connectivity index (χ4v) is 2.99. The van der Waals surface area contributed by atoms with E-state index in [2.05, 4.69) is 22.5 Å². The second-order valence-corrected chi connectivity index (χ2v) is 5.87. The molecule has 0 aliphatic heterocycles. The van der Waals surface area contributed by atoms with Gasteiger partial charge in [-0.05, 0) is 37.7 Å². The minimum absolute atomic E-state index is 0.0421. The lowest BCUT2D eigenvalue weighted by Crippen LogP contribution is -2.21. The largest absolute Gasteiger partial charge is 0.370 e. The maximum Gasteiger partial charge on any atom is 0.311 e. The molecule has 2 atom stereocenters. The molecular formula is C15H24N4O2. The molecule has 2 rings (SSSR count). The van der Waals surface area contributed by atoms with E-state index >= 15 is 0 Å². The van der Waals surface area contributed by atoms with Crippen LogP contribution in [0.1, 0.15) is 39.5 Å². The standard InChI is InChI=1S/C15H24N4O2/c1-3-16-14-8-7-13(19(20)21)15(18-14)17-10-12-6-4-5-11(2)9-12/h7-8,11-12H,3-6,9-10H2,1-2H3,(H2,16,17,18). The Morgan fingerprint density at radius 1 is 1.38 bits per heavy atom. The van der Waals surface area contributed by atoms with Gasteiger partial charge in [-0.25, -0.2) is 4.98 Å². The zero-order chi connectivity index (χ0) is 15.2. The Morgan fingerprint density at radius 2 is 2.19 bits per heavy atom. The lowest BCUT2D eigenvalue weighted by Gasteiger charge is -2.26. The van der Waals surface area contributed by atoms with Crippen molar-refractivity contribution in [1.29, 1.82) is 0 Å². The molecule has 2 unspecified atom stereocenters. The molecule has 6 heteroatoms. The average Bonchev–Trinajstić information content (AvgIpc) is 2.45. The topological polar surface area (TPSA) is 80.1 Å². The number of nitrogens with one attached hydrogen (secondary N) is 2. The highest BCUT2D eigenvalue weighted by Crippen LogP contribution is 2.30. The van der Waals surface area contributed by atoms with E-state index in [1.165, 1.54) is 31.7 Å². The molecule has 6 nitrogen and oxygen atoms in total. The van der Waals surface area contributed by atoms with E-state index in [9.17, 15) is 10.1 Å². The number of pyridine rings is 1. The van der Waals surface area contributed by atoms with Gasteiger partial charge in [-0.15, -0.1) is 0 Å². The highest BCUT2D eigenvalue weighted by atomic mass is 16.6. The Morgan fingerprint density at radius 3 is 2.86 bits per heavy atom. The molecule has 0 bridgehead atoms. The van der Waals surface area contributed by atoms with Gasteiger partial charge in [0.15, 0.2) is 0 Å². The van der Waals surface area contributed by atoms with Crippen molar-refractivity contribution >= 4 is 17.3 Å². The molecule has 0 radical (unpaired) electrons. The predicted octanol–water partition coefficient (Wildman–Crippen LogP) is 3.66. The lowest BCUT2D eigenvalue weighted by molar-refractivity contribution is -0.384. The summed E-state index contributed by atoms with van der Waals surface area (Å²) in [5.74, 6) is 2.37. The quantitative estimate of drug-likeness (QED) is 0.618. The Hall–Kier alpha value is -1.85. The zero-order valence-corrected chi connectivity index (χ0v) is 12.8. The molecule has 1 aliphatic carbocycles. The van der Waals surface area contributed by atoms with Crippen LogP contribution < -0.4 is 10.6 Å². The third-order valence-electron chi connectivity index (χ3n) is 4.03. The summed E-state index contributed by atoms with van der Waals surface area (Å²) in [5.41, 5.74) is 0.0421. The van der Waals surface area contributed by atoms with Crippen LogP contribution in [0.2, 0.25) is 0 Å². The van der Waals surface area contributed by atoms with Crippen LogP contribution in [0.4, 0.5) is 17.3 Å². The van der Waals surface area contributed by atoms with Gasteiger partial charge in [0.2, 0.25) is 5.82 Å². The van der Waals surface area contributed by atoms with Gasteiger partial charge < -0.3 is 10.6 Å². The molecule has 1 aliphatic rings. The number of nitro groups is 1. The SMILES string of the molecule is CCNc1ccc([N+](=O)[O-])c(NCC2CCCC(C)C2)n1. The predicted molar refractivity (Wildman–Crippen MR) is 84.7 cm³/mol. The molecule has 1 heterocycles. The first-order valence-electron chi connectivity index (χ1n) is 7.73. The van der Waals surface area contributed by atoms with Gasteiger partial charge in [-0.2, -0.15) is 0 Å². The summed E-state index contributed by atoms with van der Waals surface area (Å²) in [4.78, 5) is 15.0. The average molecular weight is 292 g/mol. The third-order valence-corrected chi connectivity index (χ3v) is 4.03. The van der Waals surface area contributed by atoms with Gasteiger partial charge in [0.25, 0.3) is 0 Å². The monoisotopic (exact) mass is 292 g/mol. The number of nitrogens with zero attached hydrogens (tertiary/aromatic N) is 2. The summed E-state index contributed by atoms with van der Waals surface area (Å²) in [6.07, 6.45) is 4.93. The first-order valence-corrected chi connectivity index (χ1v) is 7.73. The Bertz CT molecular complexity index is 493. The van der Waals surface area contributed by atoms with Crippen LogP contribution in [0, 0.1) is 22.0 Å². The van der Waals surface area contributed by atoms with Crippen LogP contribution in [-0.4, -0.2) is 23.0 Å². The number of anilines is 2. The van der Waals surface area contributed by atoms with E-state index in [0.717, 1.165) is 19.0 Å². The van der Waals surface area contributed by atoms with Crippen molar-refractivity contribution in [2.45, 2.75) is 39.5 Å². The van der Waals surface area contributed by atoms with Gasteiger partial charge in [0.05, 0.1) is 4.92 Å². The molecule has 1 aromatic rings. The summed E-state index contributed by atoms with van der Waals surface area (Å²) in [6, 6.07) is 3.16. The van der Waals surface area contributed by atoms with Gasteiger partial charge in [-0.1, -0.05) is 19.8 Å². The van der Waals surface area contributed by atoms with Crippen LogP contribution in [-0.2, 0) is 0 Å². The number of hydrogen-bond acceptors (Lipinski definition) is 5. The highest BCUT2D eigenvalue weighted by Gasteiger charge is 2.21. The van der Waals surface area contributed by atoms with Crippen LogP contribution in [0.5, 0.6) is 0 Å². The second-order valence-electron chi connectivity index (χ2n) is 5.87. The minimum atomic E-state index is -0.380. The highest BCUT2D eigenvalue weighted by molar-refractivity contribution is 5.60. The number of rotatable bonds is 6. The first-order chi connectivity index (χ1) is 10.1. The van der Waals surface area contributed by atoms with Crippen molar-refractivity contribution in [3.63, 3.8) is 0 Å². The smallest absolute Gasteiger partial charge is 0.311 e. The molecule has 1 fully saturated rings. The van der Waals surface area contributed by atoms with Crippen molar-refractivity contribution in [2.24, 2.45) is 11.8 Å². The van der Waals surface area contributed by atoms with E-state index in [0.29, 0.717) is 17.6 Å². The molecule has 1 saturated carbocycles. The van der Waals surface area contributed by atoms with Crippen LogP contribution in [0.15, 0.2) is 12.1 Å². The third kappa shape index (κ3) is 4.31. The molecule has 1 aromatic heterocycles. The number of hydrogen-bond donors (Lipinski definition) is 2. The molecule has 2 N–H and O–H groups in total. The van der Waals surface area contributed by atoms with E-state index in [4.69, 9.17) is 0 Å². The van der Waals surface area contributed by atoms with E-state index in [-0.39, 0.29) is 10.6 Å². The molecule has 0 amide bonds. The molecule has 0 saturated heterocycles. The van der Waals surface area contributed by atoms with Crippen molar-refractivity contribution in [3.05, 3.63) is 22.2 Å². The summed E-state index contributed by atoms with van der Waals surface area (Å²) >= 11 is 0. The maximum atomic E-state index is 11.1. The molecule has 21 heavy (non-hydrogen) atoms. The molecule has 0 aromatic carbocycles. The van der Waals surface area contributed by atoms with Gasteiger partial charge in [0.1, 0.15) is 5.82 Å². The normalized spacial score (nSPS) is 21.8.